The fourth-order valence-corrected chi connectivity index (χ4v) is 2.70. The summed E-state index contributed by atoms with van der Waals surface area (Å²) in [6.07, 6.45) is 5.06. The average Bonchev–Trinajstić information content (AvgIpc) is 3.12. The molecule has 0 aliphatic rings. The number of benzene rings is 1. The van der Waals surface area contributed by atoms with E-state index in [1.807, 2.05) is 18.2 Å². The van der Waals surface area contributed by atoms with Gasteiger partial charge in [0.15, 0.2) is 5.69 Å². The lowest BCUT2D eigenvalue weighted by atomic mass is 9.96. The van der Waals surface area contributed by atoms with E-state index in [2.05, 4.69) is 46.6 Å². The average molecular weight is 350 g/mol. The van der Waals surface area contributed by atoms with Gasteiger partial charge in [0.25, 0.3) is 5.91 Å². The summed E-state index contributed by atoms with van der Waals surface area (Å²) in [5.41, 5.74) is 10.0. The van der Waals surface area contributed by atoms with Crippen molar-refractivity contribution in [2.75, 3.05) is 6.54 Å². The normalized spacial score (nSPS) is 12.0. The molecule has 0 fully saturated rings. The third kappa shape index (κ3) is 3.94. The Morgan fingerprint density at radius 1 is 1.23 bits per heavy atom. The van der Waals surface area contributed by atoms with Crippen LogP contribution in [0, 0.1) is 13.8 Å². The van der Waals surface area contributed by atoms with Gasteiger partial charge in [-0.25, -0.2) is 0 Å². The highest BCUT2D eigenvalue weighted by Crippen LogP contribution is 2.24. The summed E-state index contributed by atoms with van der Waals surface area (Å²) >= 11 is 0. The lowest BCUT2D eigenvalue weighted by molar-refractivity contribution is 0.0937. The number of rotatable bonds is 6. The van der Waals surface area contributed by atoms with Gasteiger partial charge in [-0.1, -0.05) is 29.5 Å². The number of nitrogens with zero attached hydrogens (tertiary/aromatic N) is 4. The molecule has 0 spiro atoms. The zero-order valence-electron chi connectivity index (χ0n) is 14.9. The van der Waals surface area contributed by atoms with Crippen molar-refractivity contribution in [1.29, 1.82) is 0 Å². The van der Waals surface area contributed by atoms with Crippen molar-refractivity contribution < 1.29 is 4.79 Å². The van der Waals surface area contributed by atoms with Crippen LogP contribution in [0.3, 0.4) is 0 Å². The van der Waals surface area contributed by atoms with E-state index in [0.29, 0.717) is 13.1 Å². The Morgan fingerprint density at radius 3 is 2.77 bits per heavy atom. The SMILES string of the molecule is Cc1ccc([C@@H](NC(=O)c2cn(CCN)nn2)c2cccnc2)cc1C. The molecule has 0 unspecified atom stereocenters. The van der Waals surface area contributed by atoms with Crippen molar-refractivity contribution in [1.82, 2.24) is 25.3 Å². The second-order valence-corrected chi connectivity index (χ2v) is 6.19. The first-order chi connectivity index (χ1) is 12.6. The van der Waals surface area contributed by atoms with Crippen LogP contribution in [-0.4, -0.2) is 32.4 Å². The molecular weight excluding hydrogens is 328 g/mol. The Kier molecular flexibility index (Phi) is 5.38. The van der Waals surface area contributed by atoms with Gasteiger partial charge < -0.3 is 11.1 Å². The largest absolute Gasteiger partial charge is 0.340 e. The first kappa shape index (κ1) is 17.8. The maximum atomic E-state index is 12.7. The van der Waals surface area contributed by atoms with Gasteiger partial charge in [-0.2, -0.15) is 0 Å². The lowest BCUT2D eigenvalue weighted by Crippen LogP contribution is -2.29. The van der Waals surface area contributed by atoms with Gasteiger partial charge in [-0.05, 0) is 42.2 Å². The van der Waals surface area contributed by atoms with E-state index in [1.54, 1.807) is 23.3 Å². The molecule has 0 aliphatic heterocycles. The topological polar surface area (TPSA) is 98.7 Å². The van der Waals surface area contributed by atoms with Crippen molar-refractivity contribution in [2.24, 2.45) is 5.73 Å². The fourth-order valence-electron chi connectivity index (χ4n) is 2.70. The first-order valence-electron chi connectivity index (χ1n) is 8.46. The number of amides is 1. The molecule has 26 heavy (non-hydrogen) atoms. The number of aromatic nitrogens is 4. The van der Waals surface area contributed by atoms with Crippen LogP contribution in [0.15, 0.2) is 48.9 Å². The van der Waals surface area contributed by atoms with Crippen molar-refractivity contribution in [2.45, 2.75) is 26.4 Å². The molecule has 3 aromatic rings. The second kappa shape index (κ2) is 7.88. The van der Waals surface area contributed by atoms with Crippen LogP contribution in [0.1, 0.15) is 38.8 Å². The number of nitrogens with two attached hydrogens (primary N) is 1. The van der Waals surface area contributed by atoms with Crippen molar-refractivity contribution in [3.8, 4) is 0 Å². The van der Waals surface area contributed by atoms with Crippen LogP contribution in [0.25, 0.3) is 0 Å². The van der Waals surface area contributed by atoms with E-state index >= 15 is 0 Å². The highest BCUT2D eigenvalue weighted by atomic mass is 16.2. The highest BCUT2D eigenvalue weighted by Gasteiger charge is 2.20. The highest BCUT2D eigenvalue weighted by molar-refractivity contribution is 5.92. The summed E-state index contributed by atoms with van der Waals surface area (Å²) in [5, 5.41) is 10.9. The quantitative estimate of drug-likeness (QED) is 0.706. The van der Waals surface area contributed by atoms with Gasteiger partial charge in [-0.3, -0.25) is 14.5 Å². The summed E-state index contributed by atoms with van der Waals surface area (Å²) in [6, 6.07) is 9.63. The van der Waals surface area contributed by atoms with Gasteiger partial charge in [-0.15, -0.1) is 5.10 Å². The Labute approximate surface area is 152 Å². The first-order valence-corrected chi connectivity index (χ1v) is 8.46. The third-order valence-electron chi connectivity index (χ3n) is 4.29. The number of carbonyl (C=O) groups excluding carboxylic acids is 1. The van der Waals surface area contributed by atoms with Gasteiger partial charge >= 0.3 is 0 Å². The maximum Gasteiger partial charge on any atom is 0.274 e. The number of aryl methyl sites for hydroxylation is 2. The molecule has 3 N–H and O–H groups in total. The molecule has 0 radical (unpaired) electrons. The van der Waals surface area contributed by atoms with Crippen molar-refractivity contribution in [3.63, 3.8) is 0 Å². The van der Waals surface area contributed by atoms with E-state index in [-0.39, 0.29) is 17.6 Å². The molecule has 1 atom stereocenters. The number of nitrogens with one attached hydrogen (secondary N) is 1. The molecule has 7 nitrogen and oxygen atoms in total. The van der Waals surface area contributed by atoms with Crippen LogP contribution >= 0.6 is 0 Å². The van der Waals surface area contributed by atoms with E-state index in [1.165, 1.54) is 11.1 Å². The molecule has 3 rings (SSSR count). The minimum Gasteiger partial charge on any atom is -0.340 e. The molecule has 2 heterocycles. The number of hydrogen-bond donors (Lipinski definition) is 2. The summed E-state index contributed by atoms with van der Waals surface area (Å²) in [7, 11) is 0. The van der Waals surface area contributed by atoms with E-state index < -0.39 is 0 Å². The molecule has 134 valence electrons. The lowest BCUT2D eigenvalue weighted by Gasteiger charge is -2.20. The molecule has 7 heteroatoms. The Hall–Kier alpha value is -3.06. The van der Waals surface area contributed by atoms with Gasteiger partial charge in [0.2, 0.25) is 0 Å². The predicted octanol–water partition coefficient (Wildman–Crippen LogP) is 1.77. The summed E-state index contributed by atoms with van der Waals surface area (Å²) in [4.78, 5) is 16.9. The van der Waals surface area contributed by atoms with Crippen LogP contribution in [0.5, 0.6) is 0 Å². The monoisotopic (exact) mass is 350 g/mol. The van der Waals surface area contributed by atoms with E-state index in [4.69, 9.17) is 5.73 Å². The number of carbonyl (C=O) groups is 1. The Bertz CT molecular complexity index is 890. The Balaban J connectivity index is 1.90. The van der Waals surface area contributed by atoms with Gasteiger partial charge in [0.1, 0.15) is 0 Å². The molecule has 0 aliphatic carbocycles. The molecule has 0 saturated carbocycles. The summed E-state index contributed by atoms with van der Waals surface area (Å²) in [5.74, 6) is -0.291. The minimum absolute atomic E-state index is 0.260. The zero-order valence-corrected chi connectivity index (χ0v) is 14.9. The molecule has 1 amide bonds. The number of hydrogen-bond acceptors (Lipinski definition) is 5. The molecule has 2 aromatic heterocycles. The molecule has 1 aromatic carbocycles. The molecule has 0 saturated heterocycles. The van der Waals surface area contributed by atoms with Crippen molar-refractivity contribution in [3.05, 3.63) is 76.9 Å². The standard InChI is InChI=1S/C19H22N6O/c1-13-5-6-15(10-14(13)2)18(16-4-3-8-21-11-16)22-19(26)17-12-25(9-7-20)24-23-17/h3-6,8,10-12,18H,7,9,20H2,1-2H3,(H,22,26)/t18-/m1/s1. The van der Waals surface area contributed by atoms with Gasteiger partial charge in [0, 0.05) is 18.9 Å². The summed E-state index contributed by atoms with van der Waals surface area (Å²) in [6.45, 7) is 5.07. The summed E-state index contributed by atoms with van der Waals surface area (Å²) < 4.78 is 1.56. The van der Waals surface area contributed by atoms with Crippen LogP contribution < -0.4 is 11.1 Å². The second-order valence-electron chi connectivity index (χ2n) is 6.19. The molecule has 0 bridgehead atoms. The van der Waals surface area contributed by atoms with Crippen molar-refractivity contribution >= 4 is 5.91 Å². The predicted molar refractivity (Wildman–Crippen MR) is 98.5 cm³/mol. The number of pyridine rings is 1. The fraction of sp³-hybridized carbons (Fsp3) is 0.263. The van der Waals surface area contributed by atoms with Crippen LogP contribution in [0.2, 0.25) is 0 Å². The Morgan fingerprint density at radius 2 is 2.08 bits per heavy atom. The smallest absolute Gasteiger partial charge is 0.274 e. The third-order valence-corrected chi connectivity index (χ3v) is 4.29. The molecular formula is C19H22N6O. The zero-order chi connectivity index (χ0) is 18.5. The van der Waals surface area contributed by atoms with E-state index in [0.717, 1.165) is 11.1 Å². The van der Waals surface area contributed by atoms with Crippen LogP contribution in [-0.2, 0) is 6.54 Å². The maximum absolute atomic E-state index is 12.7. The van der Waals surface area contributed by atoms with E-state index in [9.17, 15) is 4.79 Å². The van der Waals surface area contributed by atoms with Gasteiger partial charge in [0.05, 0.1) is 18.8 Å². The minimum atomic E-state index is -0.324. The van der Waals surface area contributed by atoms with Crippen LogP contribution in [0.4, 0.5) is 0 Å².